The van der Waals surface area contributed by atoms with Gasteiger partial charge < -0.3 is 9.84 Å². The highest BCUT2D eigenvalue weighted by atomic mass is 16.5. The number of methoxy groups -OCH3 is 1. The molecule has 2 N–H and O–H groups in total. The molecule has 1 aromatic heterocycles. The summed E-state index contributed by atoms with van der Waals surface area (Å²) in [5, 5.41) is 11.9. The third-order valence-electron chi connectivity index (χ3n) is 2.41. The summed E-state index contributed by atoms with van der Waals surface area (Å²) in [6.45, 7) is 1.50. The SMILES string of the molecule is COc1ccc(-[n+]2[nH]oc(=O)c2C(C)O)cc1. The minimum atomic E-state index is -0.917. The van der Waals surface area contributed by atoms with Crippen molar-refractivity contribution in [2.75, 3.05) is 7.11 Å². The van der Waals surface area contributed by atoms with Gasteiger partial charge in [-0.25, -0.2) is 4.79 Å². The van der Waals surface area contributed by atoms with Crippen molar-refractivity contribution in [3.63, 3.8) is 0 Å². The summed E-state index contributed by atoms with van der Waals surface area (Å²) < 4.78 is 11.1. The van der Waals surface area contributed by atoms with E-state index < -0.39 is 11.7 Å². The molecule has 0 aliphatic carbocycles. The van der Waals surface area contributed by atoms with Gasteiger partial charge in [0.2, 0.25) is 5.69 Å². The van der Waals surface area contributed by atoms with Crippen LogP contribution in [0.15, 0.2) is 33.6 Å². The van der Waals surface area contributed by atoms with Crippen LogP contribution in [0.4, 0.5) is 0 Å². The van der Waals surface area contributed by atoms with Gasteiger partial charge in [-0.15, -0.1) is 0 Å². The molecule has 2 rings (SSSR count). The first-order valence-electron chi connectivity index (χ1n) is 5.09. The molecular weight excluding hydrogens is 224 g/mol. The molecule has 0 radical (unpaired) electrons. The molecule has 0 saturated heterocycles. The Morgan fingerprint density at radius 3 is 2.59 bits per heavy atom. The van der Waals surface area contributed by atoms with Crippen LogP contribution in [0.5, 0.6) is 5.75 Å². The van der Waals surface area contributed by atoms with Gasteiger partial charge in [0.15, 0.2) is 0 Å². The number of ether oxygens (including phenoxy) is 1. The van der Waals surface area contributed by atoms with Gasteiger partial charge in [0, 0.05) is 12.1 Å². The summed E-state index contributed by atoms with van der Waals surface area (Å²) >= 11 is 0. The highest BCUT2D eigenvalue weighted by Gasteiger charge is 2.27. The molecule has 1 atom stereocenters. The number of aliphatic hydroxyl groups excluding tert-OH is 1. The van der Waals surface area contributed by atoms with E-state index in [-0.39, 0.29) is 5.69 Å². The number of rotatable bonds is 3. The minimum absolute atomic E-state index is 0.148. The summed E-state index contributed by atoms with van der Waals surface area (Å²) in [6.07, 6.45) is -0.917. The van der Waals surface area contributed by atoms with E-state index in [0.29, 0.717) is 11.4 Å². The lowest BCUT2D eigenvalue weighted by Gasteiger charge is -1.99. The predicted octanol–water partition coefficient (Wildman–Crippen LogP) is 0.306. The number of aromatic amines is 1. The highest BCUT2D eigenvalue weighted by molar-refractivity contribution is 5.31. The summed E-state index contributed by atoms with van der Waals surface area (Å²) in [6, 6.07) is 6.99. The zero-order valence-electron chi connectivity index (χ0n) is 9.51. The fourth-order valence-corrected chi connectivity index (χ4v) is 1.56. The molecule has 0 fully saturated rings. The molecule has 1 unspecified atom stereocenters. The maximum Gasteiger partial charge on any atom is 0.433 e. The molecule has 1 aromatic carbocycles. The number of aliphatic hydroxyl groups is 1. The summed E-state index contributed by atoms with van der Waals surface area (Å²) in [7, 11) is 1.57. The number of H-pyrrole nitrogens is 1. The monoisotopic (exact) mass is 237 g/mol. The van der Waals surface area contributed by atoms with Crippen LogP contribution >= 0.6 is 0 Å². The Balaban J connectivity index is 2.49. The molecule has 0 saturated carbocycles. The zero-order valence-corrected chi connectivity index (χ0v) is 9.51. The summed E-state index contributed by atoms with van der Waals surface area (Å²) in [4.78, 5) is 11.4. The third kappa shape index (κ3) is 2.07. The van der Waals surface area contributed by atoms with Gasteiger partial charge in [0.1, 0.15) is 11.9 Å². The molecule has 17 heavy (non-hydrogen) atoms. The van der Waals surface area contributed by atoms with E-state index in [1.165, 1.54) is 11.6 Å². The van der Waals surface area contributed by atoms with Gasteiger partial charge in [0.05, 0.1) is 7.11 Å². The Morgan fingerprint density at radius 1 is 1.41 bits per heavy atom. The van der Waals surface area contributed by atoms with Crippen LogP contribution in [0, 0.1) is 0 Å². The molecular formula is C11H13N2O4+. The van der Waals surface area contributed by atoms with Crippen LogP contribution in [0.3, 0.4) is 0 Å². The second-order valence-electron chi connectivity index (χ2n) is 3.58. The first-order valence-corrected chi connectivity index (χ1v) is 5.09. The molecule has 0 spiro atoms. The van der Waals surface area contributed by atoms with Crippen LogP contribution < -0.4 is 15.0 Å². The van der Waals surface area contributed by atoms with Crippen LogP contribution in [-0.2, 0) is 0 Å². The maximum atomic E-state index is 11.4. The first-order chi connectivity index (χ1) is 8.13. The second-order valence-corrected chi connectivity index (χ2v) is 3.58. The van der Waals surface area contributed by atoms with E-state index in [9.17, 15) is 9.90 Å². The average molecular weight is 237 g/mol. The lowest BCUT2D eigenvalue weighted by atomic mass is 10.2. The third-order valence-corrected chi connectivity index (χ3v) is 2.41. The molecule has 0 aliphatic rings. The van der Waals surface area contributed by atoms with Crippen molar-refractivity contribution in [1.82, 2.24) is 5.27 Å². The minimum Gasteiger partial charge on any atom is -0.497 e. The van der Waals surface area contributed by atoms with E-state index in [1.807, 2.05) is 0 Å². The van der Waals surface area contributed by atoms with Gasteiger partial charge in [-0.2, -0.15) is 0 Å². The molecule has 0 bridgehead atoms. The van der Waals surface area contributed by atoms with Gasteiger partial charge in [-0.1, -0.05) is 0 Å². The smallest absolute Gasteiger partial charge is 0.433 e. The fraction of sp³-hybridized carbons (Fsp3) is 0.273. The topological polar surface area (TPSA) is 79.3 Å². The predicted molar refractivity (Wildman–Crippen MR) is 58.0 cm³/mol. The molecule has 1 heterocycles. The number of benzene rings is 1. The largest absolute Gasteiger partial charge is 0.497 e. The Bertz CT molecular complexity index is 554. The van der Waals surface area contributed by atoms with Gasteiger partial charge in [-0.05, 0) is 29.0 Å². The number of hydrogen-bond acceptors (Lipinski definition) is 4. The Hall–Kier alpha value is -2.08. The van der Waals surface area contributed by atoms with Gasteiger partial charge >= 0.3 is 11.3 Å². The van der Waals surface area contributed by atoms with Crippen LogP contribution in [0.1, 0.15) is 18.7 Å². The first kappa shape index (κ1) is 11.4. The number of nitrogens with one attached hydrogen (secondary N) is 1. The summed E-state index contributed by atoms with van der Waals surface area (Å²) in [5.74, 6) is 0.707. The van der Waals surface area contributed by atoms with Gasteiger partial charge in [0.25, 0.3) is 0 Å². The maximum absolute atomic E-state index is 11.4. The Kier molecular flexibility index (Phi) is 2.97. The Morgan fingerprint density at radius 2 is 2.06 bits per heavy atom. The molecule has 6 heteroatoms. The number of nitrogens with zero attached hydrogens (tertiary/aromatic N) is 1. The quantitative estimate of drug-likeness (QED) is 0.753. The molecule has 90 valence electrons. The summed E-state index contributed by atoms with van der Waals surface area (Å²) in [5.41, 5.74) is 0.235. The van der Waals surface area contributed by atoms with Crippen molar-refractivity contribution in [1.29, 1.82) is 0 Å². The highest BCUT2D eigenvalue weighted by Crippen LogP contribution is 2.12. The van der Waals surface area contributed by atoms with E-state index in [0.717, 1.165) is 0 Å². The van der Waals surface area contributed by atoms with E-state index in [2.05, 4.69) is 9.79 Å². The average Bonchev–Trinajstić information content (AvgIpc) is 2.71. The number of hydrogen-bond donors (Lipinski definition) is 2. The molecule has 0 amide bonds. The van der Waals surface area contributed by atoms with E-state index in [1.54, 1.807) is 31.4 Å². The Labute approximate surface area is 97.0 Å². The van der Waals surface area contributed by atoms with Crippen molar-refractivity contribution in [3.05, 3.63) is 40.4 Å². The van der Waals surface area contributed by atoms with Crippen molar-refractivity contribution in [2.45, 2.75) is 13.0 Å². The fourth-order valence-electron chi connectivity index (χ4n) is 1.56. The van der Waals surface area contributed by atoms with E-state index in [4.69, 9.17) is 4.74 Å². The van der Waals surface area contributed by atoms with Crippen molar-refractivity contribution in [3.8, 4) is 11.4 Å². The molecule has 0 aliphatic heterocycles. The molecule has 6 nitrogen and oxygen atoms in total. The van der Waals surface area contributed by atoms with Crippen LogP contribution in [0.25, 0.3) is 5.69 Å². The van der Waals surface area contributed by atoms with Crippen molar-refractivity contribution >= 4 is 0 Å². The van der Waals surface area contributed by atoms with Crippen molar-refractivity contribution < 1.29 is 19.0 Å². The second kappa shape index (κ2) is 4.42. The zero-order chi connectivity index (χ0) is 12.4. The van der Waals surface area contributed by atoms with E-state index >= 15 is 0 Å². The lowest BCUT2D eigenvalue weighted by molar-refractivity contribution is -0.680. The van der Waals surface area contributed by atoms with Crippen LogP contribution in [0.2, 0.25) is 0 Å². The lowest BCUT2D eigenvalue weighted by Crippen LogP contribution is -2.39. The van der Waals surface area contributed by atoms with Gasteiger partial charge in [-0.3, -0.25) is 4.52 Å². The normalized spacial score (nSPS) is 12.4. The van der Waals surface area contributed by atoms with Crippen molar-refractivity contribution in [2.24, 2.45) is 0 Å². The van der Waals surface area contributed by atoms with Crippen LogP contribution in [-0.4, -0.2) is 17.5 Å². The number of aromatic nitrogens is 2. The standard InChI is InChI=1S/C11H12N2O4/c1-7(14)10-11(15)17-12-13(10)8-3-5-9(16-2)6-4-8/h3-7,14H,1-2H3/p+1. The molecule has 2 aromatic rings.